The maximum absolute atomic E-state index is 13.5. The number of nitrogens with zero attached hydrogens (tertiary/aromatic N) is 2. The van der Waals surface area contributed by atoms with Crippen molar-refractivity contribution in [3.05, 3.63) is 29.8 Å². The molecule has 0 bridgehead atoms. The van der Waals surface area contributed by atoms with Crippen molar-refractivity contribution in [2.75, 3.05) is 19.8 Å². The topological polar surface area (TPSA) is 55.1 Å². The first-order valence-electron chi connectivity index (χ1n) is 6.89. The second-order valence-corrected chi connectivity index (χ2v) is 5.74. The molecule has 0 amide bonds. The van der Waals surface area contributed by atoms with Crippen LogP contribution in [0.5, 0.6) is 0 Å². The van der Waals surface area contributed by atoms with E-state index >= 15 is 0 Å². The Morgan fingerprint density at radius 1 is 1.40 bits per heavy atom. The van der Waals surface area contributed by atoms with E-state index in [9.17, 15) is 9.65 Å². The minimum Gasteiger partial charge on any atom is -0.378 e. The second kappa shape index (κ2) is 5.12. The summed E-state index contributed by atoms with van der Waals surface area (Å²) in [5, 5.41) is 9.20. The lowest BCUT2D eigenvalue weighted by atomic mass is 9.68. The van der Waals surface area contributed by atoms with E-state index in [2.05, 4.69) is 11.1 Å². The standard InChI is InChI=1S/C15H17FN2O2/c16-12-1-6-18-13(9-12)14(2-5-17)3-8-20-15(10-14)4-7-19-11-15/h1,6,9H,2-4,7-8,10-11H2/t14-,15+/m1/s1. The second-order valence-electron chi connectivity index (χ2n) is 5.74. The van der Waals surface area contributed by atoms with Gasteiger partial charge in [-0.3, -0.25) is 4.98 Å². The van der Waals surface area contributed by atoms with Crippen LogP contribution in [0.15, 0.2) is 18.3 Å². The zero-order chi connectivity index (χ0) is 14.1. The summed E-state index contributed by atoms with van der Waals surface area (Å²) in [6.07, 6.45) is 3.99. The highest BCUT2D eigenvalue weighted by Gasteiger charge is 2.49. The molecular weight excluding hydrogens is 259 g/mol. The van der Waals surface area contributed by atoms with Crippen LogP contribution in [0.25, 0.3) is 0 Å². The van der Waals surface area contributed by atoms with Crippen molar-refractivity contribution in [1.29, 1.82) is 5.26 Å². The predicted octanol–water partition coefficient (Wildman–Crippen LogP) is 2.34. The first kappa shape index (κ1) is 13.5. The normalized spacial score (nSPS) is 33.2. The van der Waals surface area contributed by atoms with Gasteiger partial charge in [0, 0.05) is 37.7 Å². The molecule has 3 rings (SSSR count). The van der Waals surface area contributed by atoms with Crippen LogP contribution in [-0.2, 0) is 14.9 Å². The molecule has 2 aliphatic heterocycles. The third kappa shape index (κ3) is 2.30. The molecule has 0 unspecified atom stereocenters. The fraction of sp³-hybridized carbons (Fsp3) is 0.600. The zero-order valence-corrected chi connectivity index (χ0v) is 11.3. The summed E-state index contributed by atoms with van der Waals surface area (Å²) < 4.78 is 24.9. The fourth-order valence-electron chi connectivity index (χ4n) is 3.37. The molecule has 2 atom stereocenters. The number of hydrogen-bond acceptors (Lipinski definition) is 4. The van der Waals surface area contributed by atoms with Crippen LogP contribution in [0.3, 0.4) is 0 Å². The van der Waals surface area contributed by atoms with Crippen LogP contribution in [0.4, 0.5) is 4.39 Å². The van der Waals surface area contributed by atoms with E-state index in [0.29, 0.717) is 44.8 Å². The van der Waals surface area contributed by atoms with Crippen molar-refractivity contribution in [2.24, 2.45) is 0 Å². The Balaban J connectivity index is 1.97. The first-order valence-corrected chi connectivity index (χ1v) is 6.89. The highest BCUT2D eigenvalue weighted by atomic mass is 19.1. The van der Waals surface area contributed by atoms with E-state index in [4.69, 9.17) is 9.47 Å². The van der Waals surface area contributed by atoms with Gasteiger partial charge in [0.2, 0.25) is 0 Å². The molecule has 1 aromatic rings. The smallest absolute Gasteiger partial charge is 0.126 e. The highest BCUT2D eigenvalue weighted by molar-refractivity contribution is 5.23. The van der Waals surface area contributed by atoms with Gasteiger partial charge in [-0.25, -0.2) is 4.39 Å². The highest BCUT2D eigenvalue weighted by Crippen LogP contribution is 2.46. The number of aromatic nitrogens is 1. The number of hydrogen-bond donors (Lipinski definition) is 0. The van der Waals surface area contributed by atoms with Gasteiger partial charge in [0.25, 0.3) is 0 Å². The molecule has 106 valence electrons. The number of ether oxygens (including phenoxy) is 2. The lowest BCUT2D eigenvalue weighted by Crippen LogP contribution is -2.48. The van der Waals surface area contributed by atoms with Gasteiger partial charge in [-0.05, 0) is 25.0 Å². The summed E-state index contributed by atoms with van der Waals surface area (Å²) in [5.41, 5.74) is -0.0973. The number of pyridine rings is 1. The molecule has 2 fully saturated rings. The van der Waals surface area contributed by atoms with Crippen LogP contribution >= 0.6 is 0 Å². The molecule has 0 aliphatic carbocycles. The summed E-state index contributed by atoms with van der Waals surface area (Å²) in [7, 11) is 0. The summed E-state index contributed by atoms with van der Waals surface area (Å²) >= 11 is 0. The van der Waals surface area contributed by atoms with Crippen molar-refractivity contribution in [3.8, 4) is 6.07 Å². The van der Waals surface area contributed by atoms with Crippen molar-refractivity contribution in [2.45, 2.75) is 36.7 Å². The molecular formula is C15H17FN2O2. The summed E-state index contributed by atoms with van der Waals surface area (Å²) in [5.74, 6) is -0.310. The average molecular weight is 276 g/mol. The minimum absolute atomic E-state index is 0.310. The summed E-state index contributed by atoms with van der Waals surface area (Å²) in [4.78, 5) is 4.32. The number of nitriles is 1. The molecule has 20 heavy (non-hydrogen) atoms. The lowest BCUT2D eigenvalue weighted by molar-refractivity contribution is -0.107. The Kier molecular flexibility index (Phi) is 3.45. The summed E-state index contributed by atoms with van der Waals surface area (Å²) in [6.45, 7) is 1.79. The van der Waals surface area contributed by atoms with Gasteiger partial charge < -0.3 is 9.47 Å². The molecule has 1 spiro atoms. The molecule has 1 aromatic heterocycles. The third-order valence-electron chi connectivity index (χ3n) is 4.40. The zero-order valence-electron chi connectivity index (χ0n) is 11.3. The number of rotatable bonds is 2. The van der Waals surface area contributed by atoms with Gasteiger partial charge >= 0.3 is 0 Å². The van der Waals surface area contributed by atoms with Gasteiger partial charge in [-0.1, -0.05) is 0 Å². The van der Waals surface area contributed by atoms with Gasteiger partial charge in [-0.2, -0.15) is 5.26 Å². The molecule has 4 nitrogen and oxygen atoms in total. The maximum atomic E-state index is 13.5. The molecule has 0 saturated carbocycles. The van der Waals surface area contributed by atoms with Gasteiger partial charge in [0.1, 0.15) is 5.82 Å². The van der Waals surface area contributed by atoms with E-state index in [1.807, 2.05) is 0 Å². The van der Waals surface area contributed by atoms with Gasteiger partial charge in [0.05, 0.1) is 24.0 Å². The van der Waals surface area contributed by atoms with Crippen LogP contribution in [0, 0.1) is 17.1 Å². The van der Waals surface area contributed by atoms with Crippen LogP contribution in [0.2, 0.25) is 0 Å². The maximum Gasteiger partial charge on any atom is 0.126 e. The van der Waals surface area contributed by atoms with Crippen LogP contribution in [-0.4, -0.2) is 30.4 Å². The van der Waals surface area contributed by atoms with E-state index in [0.717, 1.165) is 6.42 Å². The Morgan fingerprint density at radius 3 is 3.00 bits per heavy atom. The van der Waals surface area contributed by atoms with Crippen LogP contribution < -0.4 is 0 Å². The molecule has 0 aromatic carbocycles. The molecule has 0 radical (unpaired) electrons. The van der Waals surface area contributed by atoms with E-state index in [1.165, 1.54) is 18.3 Å². The van der Waals surface area contributed by atoms with Crippen molar-refractivity contribution < 1.29 is 13.9 Å². The first-order chi connectivity index (χ1) is 9.68. The largest absolute Gasteiger partial charge is 0.378 e. The Hall–Kier alpha value is -1.51. The number of halogens is 1. The van der Waals surface area contributed by atoms with Crippen molar-refractivity contribution >= 4 is 0 Å². The van der Waals surface area contributed by atoms with E-state index < -0.39 is 5.41 Å². The Morgan fingerprint density at radius 2 is 2.30 bits per heavy atom. The quantitative estimate of drug-likeness (QED) is 0.832. The van der Waals surface area contributed by atoms with E-state index in [1.54, 1.807) is 0 Å². The molecule has 5 heteroatoms. The SMILES string of the molecule is N#CC[C@@]1(c2cc(F)ccn2)CCO[C@@]2(CCOC2)C1. The van der Waals surface area contributed by atoms with Crippen LogP contribution in [0.1, 0.15) is 31.4 Å². The van der Waals surface area contributed by atoms with Crippen molar-refractivity contribution in [3.63, 3.8) is 0 Å². The molecule has 2 aliphatic rings. The molecule has 0 N–H and O–H groups in total. The summed E-state index contributed by atoms with van der Waals surface area (Å²) in [6, 6.07) is 5.03. The van der Waals surface area contributed by atoms with Gasteiger partial charge in [-0.15, -0.1) is 0 Å². The van der Waals surface area contributed by atoms with E-state index in [-0.39, 0.29) is 11.4 Å². The molecule has 2 saturated heterocycles. The average Bonchev–Trinajstić information content (AvgIpc) is 2.87. The Labute approximate surface area is 117 Å². The minimum atomic E-state index is -0.428. The third-order valence-corrected chi connectivity index (χ3v) is 4.40. The van der Waals surface area contributed by atoms with Gasteiger partial charge in [0.15, 0.2) is 0 Å². The predicted molar refractivity (Wildman–Crippen MR) is 69.5 cm³/mol. The lowest BCUT2D eigenvalue weighted by Gasteiger charge is -2.44. The fourth-order valence-corrected chi connectivity index (χ4v) is 3.37. The molecule has 3 heterocycles. The Bertz CT molecular complexity index is 537. The monoisotopic (exact) mass is 276 g/mol. The van der Waals surface area contributed by atoms with Crippen molar-refractivity contribution in [1.82, 2.24) is 4.98 Å².